The van der Waals surface area contributed by atoms with E-state index < -0.39 is 66.2 Å². The Labute approximate surface area is 239 Å². The molecule has 1 aromatic rings. The van der Waals surface area contributed by atoms with Gasteiger partial charge in [0.05, 0.1) is 6.04 Å². The van der Waals surface area contributed by atoms with Crippen molar-refractivity contribution in [1.29, 1.82) is 0 Å². The molecule has 3 N–H and O–H groups in total. The number of nitrogens with zero attached hydrogens (tertiary/aromatic N) is 3. The van der Waals surface area contributed by atoms with Crippen LogP contribution in [0.5, 0.6) is 6.08 Å². The van der Waals surface area contributed by atoms with Gasteiger partial charge in [0.25, 0.3) is 0 Å². The fraction of sp³-hybridized carbons (Fsp3) is 0.731. The number of ether oxygens (including phenoxy) is 1. The molecular formula is C26H35F3N6O7. The standard InChI is InChI=1S/C26H35F3N6O7/c1-11(2)18(33-23(40)26(27,28)29)22(39)35-9-14-17(25(14,4)5)19(35)21(38)32-15(8-13-6-7-30-20(13)37)16(36)10-41-24-31-12(3)34-42-24/h11,13-15,17-19H,6-10H2,1-5H3,(H,30,37)(H,32,38)(H,33,40)/t13-,14-,15-,17-,18-,19?/m0/s1. The monoisotopic (exact) mass is 600 g/mol. The van der Waals surface area contributed by atoms with Crippen molar-refractivity contribution >= 4 is 29.4 Å². The van der Waals surface area contributed by atoms with Gasteiger partial charge in [-0.15, -0.1) is 0 Å². The molecule has 0 radical (unpaired) electrons. The quantitative estimate of drug-likeness (QED) is 0.327. The number of halogens is 3. The molecule has 3 heterocycles. The number of aryl methyl sites for hydroxylation is 1. The number of ketones is 1. The Kier molecular flexibility index (Phi) is 8.56. The summed E-state index contributed by atoms with van der Waals surface area (Å²) in [5.74, 6) is -6.03. The van der Waals surface area contributed by atoms with E-state index in [4.69, 9.17) is 9.26 Å². The highest BCUT2D eigenvalue weighted by Gasteiger charge is 2.69. The van der Waals surface area contributed by atoms with Crippen molar-refractivity contribution in [2.75, 3.05) is 19.7 Å². The van der Waals surface area contributed by atoms with E-state index in [1.165, 1.54) is 18.7 Å². The number of rotatable bonds is 11. The summed E-state index contributed by atoms with van der Waals surface area (Å²) in [5, 5.41) is 10.7. The first kappa shape index (κ1) is 31.2. The molecule has 3 fully saturated rings. The van der Waals surface area contributed by atoms with Crippen molar-refractivity contribution < 1.29 is 46.4 Å². The van der Waals surface area contributed by atoms with Gasteiger partial charge in [-0.05, 0) is 42.9 Å². The number of hydrogen-bond donors (Lipinski definition) is 3. The van der Waals surface area contributed by atoms with Gasteiger partial charge in [0.2, 0.25) is 17.7 Å². The molecule has 0 aromatic carbocycles. The first-order chi connectivity index (χ1) is 19.5. The Bertz CT molecular complexity index is 1250. The van der Waals surface area contributed by atoms with Gasteiger partial charge < -0.3 is 25.6 Å². The molecule has 1 saturated carbocycles. The van der Waals surface area contributed by atoms with Crippen molar-refractivity contribution in [3.63, 3.8) is 0 Å². The number of amides is 4. The molecule has 1 unspecified atom stereocenters. The zero-order chi connectivity index (χ0) is 31.1. The van der Waals surface area contributed by atoms with Crippen LogP contribution in [0.15, 0.2) is 4.52 Å². The van der Waals surface area contributed by atoms with E-state index in [9.17, 15) is 37.1 Å². The van der Waals surface area contributed by atoms with Crippen LogP contribution in [0.4, 0.5) is 13.2 Å². The van der Waals surface area contributed by atoms with Gasteiger partial charge in [0.15, 0.2) is 18.2 Å². The largest absolute Gasteiger partial charge is 0.471 e. The molecule has 0 spiro atoms. The van der Waals surface area contributed by atoms with Gasteiger partial charge in [0, 0.05) is 19.0 Å². The maximum absolute atomic E-state index is 13.8. The third-order valence-electron chi connectivity index (χ3n) is 8.47. The van der Waals surface area contributed by atoms with Crippen molar-refractivity contribution in [3.8, 4) is 6.08 Å². The molecule has 1 aliphatic carbocycles. The molecule has 4 amide bonds. The number of likely N-dealkylation sites (tertiary alicyclic amines) is 1. The minimum atomic E-state index is -5.19. The predicted molar refractivity (Wildman–Crippen MR) is 136 cm³/mol. The highest BCUT2D eigenvalue weighted by atomic mass is 19.4. The molecule has 0 bridgehead atoms. The number of aromatic nitrogens is 2. The molecule has 4 rings (SSSR count). The van der Waals surface area contributed by atoms with Crippen LogP contribution in [0.3, 0.4) is 0 Å². The van der Waals surface area contributed by atoms with Gasteiger partial charge >= 0.3 is 18.2 Å². The molecule has 3 aliphatic rings. The van der Waals surface area contributed by atoms with Crippen LogP contribution in [0, 0.1) is 36.0 Å². The fourth-order valence-electron chi connectivity index (χ4n) is 5.98. The average molecular weight is 601 g/mol. The molecular weight excluding hydrogens is 565 g/mol. The second kappa shape index (κ2) is 11.5. The second-order valence-corrected chi connectivity index (χ2v) is 12.0. The van der Waals surface area contributed by atoms with Gasteiger partial charge in [-0.2, -0.15) is 18.2 Å². The van der Waals surface area contributed by atoms with E-state index in [2.05, 4.69) is 20.8 Å². The highest BCUT2D eigenvalue weighted by molar-refractivity contribution is 5.97. The third kappa shape index (κ3) is 6.36. The summed E-state index contributed by atoms with van der Waals surface area (Å²) in [7, 11) is 0. The second-order valence-electron chi connectivity index (χ2n) is 12.0. The van der Waals surface area contributed by atoms with Crippen molar-refractivity contribution in [2.45, 2.75) is 71.8 Å². The molecule has 42 heavy (non-hydrogen) atoms. The SMILES string of the molecule is Cc1noc(OCC(=O)[C@H](C[C@@H]2CCNC2=O)NC(=O)C2[C@@H]3[C@H](CN2C(=O)[C@@H](NC(=O)C(F)(F)F)C(C)C)C3(C)C)n1. The van der Waals surface area contributed by atoms with E-state index in [1.54, 1.807) is 12.2 Å². The van der Waals surface area contributed by atoms with Crippen molar-refractivity contribution in [2.24, 2.45) is 29.1 Å². The number of carbonyl (C=O) groups excluding carboxylic acids is 5. The number of Topliss-reactive ketones (excluding diaryl/α,β-unsaturated/α-hetero) is 1. The summed E-state index contributed by atoms with van der Waals surface area (Å²) >= 11 is 0. The lowest BCUT2D eigenvalue weighted by Gasteiger charge is -2.35. The summed E-state index contributed by atoms with van der Waals surface area (Å²) in [6, 6.07) is -3.81. The molecule has 13 nitrogen and oxygen atoms in total. The van der Waals surface area contributed by atoms with E-state index in [1.807, 2.05) is 13.8 Å². The zero-order valence-electron chi connectivity index (χ0n) is 23.9. The third-order valence-corrected chi connectivity index (χ3v) is 8.47. The van der Waals surface area contributed by atoms with Gasteiger partial charge in [-0.1, -0.05) is 32.9 Å². The number of alkyl halides is 3. The normalized spacial score (nSPS) is 25.8. The van der Waals surface area contributed by atoms with E-state index in [0.29, 0.717) is 13.0 Å². The molecule has 6 atom stereocenters. The summed E-state index contributed by atoms with van der Waals surface area (Å²) in [4.78, 5) is 69.6. The first-order valence-electron chi connectivity index (χ1n) is 13.7. The Morgan fingerprint density at radius 3 is 2.45 bits per heavy atom. The highest BCUT2D eigenvalue weighted by Crippen LogP contribution is 2.65. The van der Waals surface area contributed by atoms with Crippen LogP contribution in [0.25, 0.3) is 0 Å². The van der Waals surface area contributed by atoms with Crippen LogP contribution in [0.1, 0.15) is 46.4 Å². The molecule has 1 aromatic heterocycles. The van der Waals surface area contributed by atoms with Crippen LogP contribution in [-0.2, 0) is 24.0 Å². The minimum Gasteiger partial charge on any atom is -0.441 e. The maximum Gasteiger partial charge on any atom is 0.471 e. The van der Waals surface area contributed by atoms with Crippen molar-refractivity contribution in [3.05, 3.63) is 5.82 Å². The van der Waals surface area contributed by atoms with E-state index in [-0.39, 0.29) is 48.0 Å². The molecule has 2 aliphatic heterocycles. The van der Waals surface area contributed by atoms with E-state index >= 15 is 0 Å². The topological polar surface area (TPSA) is 173 Å². The predicted octanol–water partition coefficient (Wildman–Crippen LogP) is 0.523. The Hall–Kier alpha value is -3.72. The fourth-order valence-corrected chi connectivity index (χ4v) is 5.98. The lowest BCUT2D eigenvalue weighted by atomic mass is 9.94. The summed E-state index contributed by atoms with van der Waals surface area (Å²) in [6.07, 6.45) is -5.03. The first-order valence-corrected chi connectivity index (χ1v) is 13.7. The van der Waals surface area contributed by atoms with Crippen LogP contribution in [0.2, 0.25) is 0 Å². The molecule has 2 saturated heterocycles. The lowest BCUT2D eigenvalue weighted by molar-refractivity contribution is -0.175. The number of hydrogen-bond acceptors (Lipinski definition) is 9. The van der Waals surface area contributed by atoms with Crippen LogP contribution >= 0.6 is 0 Å². The smallest absolute Gasteiger partial charge is 0.441 e. The van der Waals surface area contributed by atoms with Gasteiger partial charge in [-0.25, -0.2) is 0 Å². The summed E-state index contributed by atoms with van der Waals surface area (Å²) < 4.78 is 49.1. The maximum atomic E-state index is 13.8. The van der Waals surface area contributed by atoms with Gasteiger partial charge in [0.1, 0.15) is 12.1 Å². The summed E-state index contributed by atoms with van der Waals surface area (Å²) in [5.41, 5.74) is -0.342. The lowest BCUT2D eigenvalue weighted by Crippen LogP contribution is -2.59. The number of fused-ring (bicyclic) bond motifs is 1. The Morgan fingerprint density at radius 2 is 1.90 bits per heavy atom. The Morgan fingerprint density at radius 1 is 1.21 bits per heavy atom. The van der Waals surface area contributed by atoms with Crippen LogP contribution < -0.4 is 20.7 Å². The van der Waals surface area contributed by atoms with Gasteiger partial charge in [-0.3, -0.25) is 28.5 Å². The zero-order valence-corrected chi connectivity index (χ0v) is 23.9. The number of piperidine rings is 1. The number of nitrogens with one attached hydrogen (secondary N) is 3. The average Bonchev–Trinajstić information content (AvgIpc) is 3.40. The van der Waals surface area contributed by atoms with Crippen molar-refractivity contribution in [1.82, 2.24) is 31.0 Å². The minimum absolute atomic E-state index is 0.0307. The Balaban J connectivity index is 1.54. The number of carbonyl (C=O) groups is 5. The van der Waals surface area contributed by atoms with E-state index in [0.717, 1.165) is 0 Å². The van der Waals surface area contributed by atoms with Crippen LogP contribution in [-0.4, -0.2) is 88.5 Å². The molecule has 232 valence electrons. The summed E-state index contributed by atoms with van der Waals surface area (Å²) in [6.45, 7) is 8.33. The molecule has 16 heteroatoms.